The number of nitrogens with zero attached hydrogens (tertiary/aromatic N) is 3. The Hall–Kier alpha value is -3.95. The number of rotatable bonds is 6. The van der Waals surface area contributed by atoms with E-state index in [0.717, 1.165) is 31.7 Å². The van der Waals surface area contributed by atoms with E-state index in [1.807, 2.05) is 36.4 Å². The third-order valence-corrected chi connectivity index (χ3v) is 6.78. The molecule has 2 aromatic heterocycles. The lowest BCUT2D eigenvalue weighted by atomic mass is 9.89. The van der Waals surface area contributed by atoms with Crippen LogP contribution in [0.25, 0.3) is 21.7 Å². The molecule has 9 heteroatoms. The Morgan fingerprint density at radius 2 is 1.78 bits per heavy atom. The molecule has 5 rings (SSSR count). The molecule has 1 amide bonds. The maximum atomic E-state index is 13.2. The van der Waals surface area contributed by atoms with Crippen LogP contribution in [-0.2, 0) is 9.53 Å². The summed E-state index contributed by atoms with van der Waals surface area (Å²) in [4.78, 5) is 33.3. The number of amides is 1. The highest BCUT2D eigenvalue weighted by molar-refractivity contribution is 6.16. The molecular weight excluding hydrogens is 460 g/mol. The predicted octanol–water partition coefficient (Wildman–Crippen LogP) is 2.97. The number of aromatic nitrogens is 1. The van der Waals surface area contributed by atoms with Crippen molar-refractivity contribution >= 4 is 33.6 Å². The fourth-order valence-corrected chi connectivity index (χ4v) is 5.05. The summed E-state index contributed by atoms with van der Waals surface area (Å²) in [7, 11) is 2.08. The number of hydrogen-bond donors (Lipinski definition) is 2. The number of ether oxygens (including phenoxy) is 1. The average molecular weight is 489 g/mol. The van der Waals surface area contributed by atoms with Crippen LogP contribution in [0.4, 0.5) is 0 Å². The smallest absolute Gasteiger partial charge is 0.342 e. The highest BCUT2D eigenvalue weighted by Crippen LogP contribution is 2.47. The van der Waals surface area contributed by atoms with Gasteiger partial charge in [0.2, 0.25) is 0 Å². The van der Waals surface area contributed by atoms with E-state index in [1.165, 1.54) is 0 Å². The minimum atomic E-state index is -0.755. The van der Waals surface area contributed by atoms with Crippen LogP contribution in [0.3, 0.4) is 0 Å². The van der Waals surface area contributed by atoms with Crippen molar-refractivity contribution in [2.45, 2.75) is 13.0 Å². The molecule has 0 radical (unpaired) electrons. The molecule has 9 nitrogen and oxygen atoms in total. The molecule has 186 valence electrons. The van der Waals surface area contributed by atoms with Gasteiger partial charge in [-0.3, -0.25) is 14.7 Å². The van der Waals surface area contributed by atoms with E-state index < -0.39 is 18.5 Å². The molecule has 1 fully saturated rings. The Morgan fingerprint density at radius 1 is 1.11 bits per heavy atom. The first-order chi connectivity index (χ1) is 17.4. The fourth-order valence-electron chi connectivity index (χ4n) is 5.05. The minimum Gasteiger partial charge on any atom is -0.507 e. The third kappa shape index (κ3) is 4.16. The number of primary amides is 1. The van der Waals surface area contributed by atoms with Crippen LogP contribution in [0.2, 0.25) is 0 Å². The van der Waals surface area contributed by atoms with Gasteiger partial charge in [-0.25, -0.2) is 4.79 Å². The summed E-state index contributed by atoms with van der Waals surface area (Å²) in [5, 5.41) is 13.5. The van der Waals surface area contributed by atoms with Gasteiger partial charge in [-0.15, -0.1) is 0 Å². The SMILES string of the molecule is Cc1oc2c(c1C(=O)OCC(N)=O)c(C(c1ccncc1)N1CCN(C)CC1)c(O)c1ccccc12. The summed E-state index contributed by atoms with van der Waals surface area (Å²) in [5.74, 6) is -1.07. The average Bonchev–Trinajstić information content (AvgIpc) is 3.23. The van der Waals surface area contributed by atoms with Crippen LogP contribution in [0, 0.1) is 6.92 Å². The Morgan fingerprint density at radius 3 is 2.44 bits per heavy atom. The van der Waals surface area contributed by atoms with Crippen LogP contribution in [0.15, 0.2) is 53.2 Å². The number of furan rings is 1. The van der Waals surface area contributed by atoms with Crippen molar-refractivity contribution in [2.24, 2.45) is 5.73 Å². The van der Waals surface area contributed by atoms with E-state index in [9.17, 15) is 14.7 Å². The van der Waals surface area contributed by atoms with Gasteiger partial charge < -0.3 is 24.9 Å². The number of benzene rings is 2. The second-order valence-electron chi connectivity index (χ2n) is 9.11. The molecule has 0 saturated carbocycles. The summed E-state index contributed by atoms with van der Waals surface area (Å²) in [6, 6.07) is 10.8. The number of nitrogens with two attached hydrogens (primary N) is 1. The molecule has 1 unspecified atom stereocenters. The molecule has 0 bridgehead atoms. The molecule has 1 aliphatic rings. The normalized spacial score (nSPS) is 15.8. The first kappa shape index (κ1) is 23.8. The second-order valence-corrected chi connectivity index (χ2v) is 9.11. The number of phenols is 1. The molecule has 0 spiro atoms. The number of phenolic OH excluding ortho intramolecular Hbond substituents is 1. The standard InChI is InChI=1S/C27H28N4O5/c1-16-21(27(34)35-15-20(28)32)22-23(25(33)18-5-3-4-6-19(18)26(22)36-16)24(17-7-9-29-10-8-17)31-13-11-30(2)12-14-31/h3-10,24,33H,11-15H2,1-2H3,(H2,28,32). The zero-order chi connectivity index (χ0) is 25.4. The molecule has 2 aromatic carbocycles. The second kappa shape index (κ2) is 9.60. The number of pyridine rings is 1. The van der Waals surface area contributed by atoms with Crippen molar-refractivity contribution in [1.82, 2.24) is 14.8 Å². The lowest BCUT2D eigenvalue weighted by Crippen LogP contribution is -2.46. The Labute approximate surface area is 208 Å². The molecule has 3 heterocycles. The zero-order valence-electron chi connectivity index (χ0n) is 20.2. The van der Waals surface area contributed by atoms with Crippen molar-refractivity contribution in [1.29, 1.82) is 0 Å². The number of fused-ring (bicyclic) bond motifs is 3. The van der Waals surface area contributed by atoms with Gasteiger partial charge in [0.05, 0.1) is 6.04 Å². The van der Waals surface area contributed by atoms with Gasteiger partial charge in [0.25, 0.3) is 5.91 Å². The molecule has 0 aliphatic carbocycles. The molecular formula is C27H28N4O5. The van der Waals surface area contributed by atoms with Gasteiger partial charge in [-0.1, -0.05) is 24.3 Å². The van der Waals surface area contributed by atoms with Crippen LogP contribution < -0.4 is 5.73 Å². The third-order valence-electron chi connectivity index (χ3n) is 6.78. The van der Waals surface area contributed by atoms with Crippen molar-refractivity contribution in [3.05, 3.63) is 71.2 Å². The van der Waals surface area contributed by atoms with Crippen LogP contribution >= 0.6 is 0 Å². The molecule has 4 aromatic rings. The maximum absolute atomic E-state index is 13.2. The minimum absolute atomic E-state index is 0.0728. The van der Waals surface area contributed by atoms with E-state index in [0.29, 0.717) is 33.1 Å². The Kier molecular flexibility index (Phi) is 6.34. The molecule has 1 aliphatic heterocycles. The molecule has 1 saturated heterocycles. The largest absolute Gasteiger partial charge is 0.507 e. The lowest BCUT2D eigenvalue weighted by molar-refractivity contribution is -0.121. The topological polar surface area (TPSA) is 122 Å². The van der Waals surface area contributed by atoms with Crippen molar-refractivity contribution in [3.8, 4) is 5.75 Å². The Bertz CT molecular complexity index is 1440. The van der Waals surface area contributed by atoms with E-state index in [2.05, 4.69) is 21.8 Å². The monoisotopic (exact) mass is 488 g/mol. The summed E-state index contributed by atoms with van der Waals surface area (Å²) < 4.78 is 11.4. The number of piperazine rings is 1. The highest BCUT2D eigenvalue weighted by atomic mass is 16.5. The predicted molar refractivity (Wildman–Crippen MR) is 135 cm³/mol. The first-order valence-electron chi connectivity index (χ1n) is 11.8. The van der Waals surface area contributed by atoms with Gasteiger partial charge in [0, 0.05) is 60.3 Å². The maximum Gasteiger partial charge on any atom is 0.342 e. The van der Waals surface area contributed by atoms with Gasteiger partial charge >= 0.3 is 5.97 Å². The van der Waals surface area contributed by atoms with E-state index in [-0.39, 0.29) is 17.4 Å². The van der Waals surface area contributed by atoms with Gasteiger partial charge in [0.15, 0.2) is 6.61 Å². The number of carbonyl (C=O) groups is 2. The van der Waals surface area contributed by atoms with E-state index in [1.54, 1.807) is 19.3 Å². The van der Waals surface area contributed by atoms with Gasteiger partial charge in [-0.2, -0.15) is 0 Å². The van der Waals surface area contributed by atoms with E-state index >= 15 is 0 Å². The molecule has 1 atom stereocenters. The summed E-state index contributed by atoms with van der Waals surface area (Å²) >= 11 is 0. The fraction of sp³-hybridized carbons (Fsp3) is 0.296. The van der Waals surface area contributed by atoms with Gasteiger partial charge in [-0.05, 0) is 31.7 Å². The number of aryl methyl sites for hydroxylation is 1. The highest BCUT2D eigenvalue weighted by Gasteiger charge is 2.34. The van der Waals surface area contributed by atoms with Crippen LogP contribution in [-0.4, -0.2) is 71.6 Å². The number of hydrogen-bond acceptors (Lipinski definition) is 8. The summed E-state index contributed by atoms with van der Waals surface area (Å²) in [6.07, 6.45) is 3.44. The summed E-state index contributed by atoms with van der Waals surface area (Å²) in [5.41, 5.74) is 7.35. The zero-order valence-corrected chi connectivity index (χ0v) is 20.2. The van der Waals surface area contributed by atoms with Crippen molar-refractivity contribution in [3.63, 3.8) is 0 Å². The molecule has 3 N–H and O–H groups in total. The lowest BCUT2D eigenvalue weighted by Gasteiger charge is -2.39. The Balaban J connectivity index is 1.83. The van der Waals surface area contributed by atoms with Gasteiger partial charge in [0.1, 0.15) is 22.7 Å². The number of carbonyl (C=O) groups excluding carboxylic acids is 2. The number of aromatic hydroxyl groups is 1. The first-order valence-corrected chi connectivity index (χ1v) is 11.8. The van der Waals surface area contributed by atoms with E-state index in [4.69, 9.17) is 14.9 Å². The quantitative estimate of drug-likeness (QED) is 0.397. The van der Waals surface area contributed by atoms with Crippen LogP contribution in [0.5, 0.6) is 5.75 Å². The van der Waals surface area contributed by atoms with Crippen molar-refractivity contribution in [2.75, 3.05) is 39.8 Å². The van der Waals surface area contributed by atoms with Crippen molar-refractivity contribution < 1.29 is 23.8 Å². The number of likely N-dealkylation sites (N-methyl/N-ethyl adjacent to an activating group) is 1. The van der Waals surface area contributed by atoms with Crippen LogP contribution in [0.1, 0.15) is 33.3 Å². The number of esters is 1. The molecule has 36 heavy (non-hydrogen) atoms. The summed E-state index contributed by atoms with van der Waals surface area (Å²) in [6.45, 7) is 4.36.